The van der Waals surface area contributed by atoms with Crippen LogP contribution >= 0.6 is 0 Å². The Bertz CT molecular complexity index is 196. The number of hydrogen-bond donors (Lipinski definition) is 1. The summed E-state index contributed by atoms with van der Waals surface area (Å²) in [6.07, 6.45) is 5.22. The minimum atomic E-state index is -0.398. The van der Waals surface area contributed by atoms with Crippen molar-refractivity contribution in [2.45, 2.75) is 65.2 Å². The topological polar surface area (TPSA) is 30.5 Å². The average Bonchev–Trinajstić information content (AvgIpc) is 2.31. The van der Waals surface area contributed by atoms with Gasteiger partial charge >= 0.3 is 0 Å². The standard InChI is InChI=1S/C14H29NO2/c1-5-7-8-12(6-2)9-15-13-10-16-14(3,4)17-11-13/h12-13,15H,5-11H2,1-4H3. The first-order valence-corrected chi connectivity index (χ1v) is 7.08. The maximum atomic E-state index is 5.64. The zero-order chi connectivity index (χ0) is 12.7. The second-order valence-corrected chi connectivity index (χ2v) is 5.54. The van der Waals surface area contributed by atoms with E-state index < -0.39 is 5.79 Å². The van der Waals surface area contributed by atoms with E-state index in [-0.39, 0.29) is 0 Å². The van der Waals surface area contributed by atoms with E-state index in [2.05, 4.69) is 19.2 Å². The molecule has 3 nitrogen and oxygen atoms in total. The molecule has 1 fully saturated rings. The van der Waals surface area contributed by atoms with Crippen LogP contribution in [-0.4, -0.2) is 31.6 Å². The molecular formula is C14H29NO2. The quantitative estimate of drug-likeness (QED) is 0.745. The molecule has 1 unspecified atom stereocenters. The van der Waals surface area contributed by atoms with Crippen LogP contribution in [0.5, 0.6) is 0 Å². The molecule has 0 aromatic rings. The molecule has 0 amide bonds. The second kappa shape index (κ2) is 7.34. The highest BCUT2D eigenvalue weighted by Gasteiger charge is 2.28. The zero-order valence-corrected chi connectivity index (χ0v) is 11.9. The van der Waals surface area contributed by atoms with Gasteiger partial charge in [0.25, 0.3) is 0 Å². The maximum Gasteiger partial charge on any atom is 0.162 e. The van der Waals surface area contributed by atoms with Crippen LogP contribution in [0.1, 0.15) is 53.4 Å². The predicted octanol–water partition coefficient (Wildman–Crippen LogP) is 2.94. The highest BCUT2D eigenvalue weighted by Crippen LogP contribution is 2.17. The van der Waals surface area contributed by atoms with Crippen LogP contribution in [0.15, 0.2) is 0 Å². The first-order chi connectivity index (χ1) is 8.07. The van der Waals surface area contributed by atoms with E-state index in [1.807, 2.05) is 13.8 Å². The third kappa shape index (κ3) is 5.84. The van der Waals surface area contributed by atoms with E-state index in [4.69, 9.17) is 9.47 Å². The van der Waals surface area contributed by atoms with Crippen molar-refractivity contribution >= 4 is 0 Å². The fraction of sp³-hybridized carbons (Fsp3) is 1.00. The number of hydrogen-bond acceptors (Lipinski definition) is 3. The summed E-state index contributed by atoms with van der Waals surface area (Å²) >= 11 is 0. The van der Waals surface area contributed by atoms with Crippen molar-refractivity contribution in [1.29, 1.82) is 0 Å². The van der Waals surface area contributed by atoms with E-state index in [0.29, 0.717) is 6.04 Å². The molecule has 0 aromatic heterocycles. The molecule has 3 heteroatoms. The van der Waals surface area contributed by atoms with Gasteiger partial charge in [0.05, 0.1) is 19.3 Å². The van der Waals surface area contributed by atoms with Crippen molar-refractivity contribution in [1.82, 2.24) is 5.32 Å². The van der Waals surface area contributed by atoms with E-state index in [1.54, 1.807) is 0 Å². The van der Waals surface area contributed by atoms with Gasteiger partial charge in [-0.25, -0.2) is 0 Å². The summed E-state index contributed by atoms with van der Waals surface area (Å²) in [7, 11) is 0. The Labute approximate surface area is 106 Å². The SMILES string of the molecule is CCCCC(CC)CNC1COC(C)(C)OC1. The number of unbranched alkanes of at least 4 members (excludes halogenated alkanes) is 1. The van der Waals surface area contributed by atoms with Crippen LogP contribution in [-0.2, 0) is 9.47 Å². The predicted molar refractivity (Wildman–Crippen MR) is 71.1 cm³/mol. The Balaban J connectivity index is 2.17. The third-order valence-electron chi connectivity index (χ3n) is 3.50. The Morgan fingerprint density at radius 2 is 1.88 bits per heavy atom. The highest BCUT2D eigenvalue weighted by molar-refractivity contribution is 4.74. The minimum absolute atomic E-state index is 0.360. The van der Waals surface area contributed by atoms with Crippen molar-refractivity contribution in [3.8, 4) is 0 Å². The molecule has 102 valence electrons. The molecule has 1 aliphatic heterocycles. The van der Waals surface area contributed by atoms with E-state index >= 15 is 0 Å². The average molecular weight is 243 g/mol. The Morgan fingerprint density at radius 3 is 2.41 bits per heavy atom. The summed E-state index contributed by atoms with van der Waals surface area (Å²) in [5.74, 6) is 0.398. The lowest BCUT2D eigenvalue weighted by atomic mass is 9.99. The van der Waals surface area contributed by atoms with Crippen LogP contribution in [0, 0.1) is 5.92 Å². The van der Waals surface area contributed by atoms with Gasteiger partial charge in [-0.2, -0.15) is 0 Å². The van der Waals surface area contributed by atoms with Crippen LogP contribution in [0.2, 0.25) is 0 Å². The molecule has 17 heavy (non-hydrogen) atoms. The molecule has 0 aromatic carbocycles. The van der Waals surface area contributed by atoms with E-state index in [1.165, 1.54) is 25.7 Å². The number of nitrogens with one attached hydrogen (secondary N) is 1. The molecule has 0 radical (unpaired) electrons. The number of ether oxygens (including phenoxy) is 2. The number of rotatable bonds is 7. The third-order valence-corrected chi connectivity index (χ3v) is 3.50. The summed E-state index contributed by atoms with van der Waals surface area (Å²) in [6.45, 7) is 11.1. The molecule has 0 spiro atoms. The first-order valence-electron chi connectivity index (χ1n) is 7.08. The van der Waals surface area contributed by atoms with Gasteiger partial charge in [-0.05, 0) is 32.7 Å². The summed E-state index contributed by atoms with van der Waals surface area (Å²) in [4.78, 5) is 0. The van der Waals surface area contributed by atoms with Crippen molar-refractivity contribution in [2.24, 2.45) is 5.92 Å². The van der Waals surface area contributed by atoms with Gasteiger partial charge in [0.2, 0.25) is 0 Å². The lowest BCUT2D eigenvalue weighted by Crippen LogP contribution is -2.49. The maximum absolute atomic E-state index is 5.64. The molecule has 1 saturated heterocycles. The van der Waals surface area contributed by atoms with Crippen LogP contribution in [0.3, 0.4) is 0 Å². The summed E-state index contributed by atoms with van der Waals surface area (Å²) in [5, 5.41) is 3.57. The Hall–Kier alpha value is -0.120. The van der Waals surface area contributed by atoms with E-state index in [9.17, 15) is 0 Å². The molecule has 0 aliphatic carbocycles. The molecule has 1 atom stereocenters. The fourth-order valence-electron chi connectivity index (χ4n) is 2.09. The van der Waals surface area contributed by atoms with Crippen molar-refractivity contribution in [2.75, 3.05) is 19.8 Å². The van der Waals surface area contributed by atoms with Crippen LogP contribution in [0.4, 0.5) is 0 Å². The summed E-state index contributed by atoms with van der Waals surface area (Å²) in [6, 6.07) is 0.360. The van der Waals surface area contributed by atoms with Gasteiger partial charge in [0.1, 0.15) is 0 Å². The monoisotopic (exact) mass is 243 g/mol. The molecular weight excluding hydrogens is 214 g/mol. The van der Waals surface area contributed by atoms with Gasteiger partial charge in [0.15, 0.2) is 5.79 Å². The lowest BCUT2D eigenvalue weighted by Gasteiger charge is -2.35. The molecule has 1 heterocycles. The lowest BCUT2D eigenvalue weighted by molar-refractivity contribution is -0.253. The normalized spacial score (nSPS) is 22.6. The highest BCUT2D eigenvalue weighted by atomic mass is 16.7. The Morgan fingerprint density at radius 1 is 1.24 bits per heavy atom. The molecule has 0 bridgehead atoms. The van der Waals surface area contributed by atoms with E-state index in [0.717, 1.165) is 25.7 Å². The molecule has 1 rings (SSSR count). The van der Waals surface area contributed by atoms with Gasteiger partial charge < -0.3 is 14.8 Å². The first kappa shape index (κ1) is 14.9. The van der Waals surface area contributed by atoms with Gasteiger partial charge in [-0.15, -0.1) is 0 Å². The summed E-state index contributed by atoms with van der Waals surface area (Å²) < 4.78 is 11.3. The zero-order valence-electron chi connectivity index (χ0n) is 11.9. The Kier molecular flexibility index (Phi) is 6.45. The van der Waals surface area contributed by atoms with Gasteiger partial charge in [-0.1, -0.05) is 33.1 Å². The largest absolute Gasteiger partial charge is 0.349 e. The minimum Gasteiger partial charge on any atom is -0.349 e. The van der Waals surface area contributed by atoms with Crippen molar-refractivity contribution < 1.29 is 9.47 Å². The second-order valence-electron chi connectivity index (χ2n) is 5.54. The van der Waals surface area contributed by atoms with Gasteiger partial charge in [0, 0.05) is 0 Å². The summed E-state index contributed by atoms with van der Waals surface area (Å²) in [5.41, 5.74) is 0. The van der Waals surface area contributed by atoms with Crippen molar-refractivity contribution in [3.63, 3.8) is 0 Å². The smallest absolute Gasteiger partial charge is 0.162 e. The van der Waals surface area contributed by atoms with Crippen LogP contribution < -0.4 is 5.32 Å². The molecule has 0 saturated carbocycles. The van der Waals surface area contributed by atoms with Crippen molar-refractivity contribution in [3.05, 3.63) is 0 Å². The van der Waals surface area contributed by atoms with Crippen LogP contribution in [0.25, 0.3) is 0 Å². The fourth-order valence-corrected chi connectivity index (χ4v) is 2.09. The molecule has 1 N–H and O–H groups in total. The molecule has 1 aliphatic rings. The van der Waals surface area contributed by atoms with Gasteiger partial charge in [-0.3, -0.25) is 0 Å².